The zero-order valence-corrected chi connectivity index (χ0v) is 19.6. The van der Waals surface area contributed by atoms with E-state index in [0.717, 1.165) is 37.6 Å². The first kappa shape index (κ1) is 22.9. The molecule has 3 aromatic rings. The number of ether oxygens (including phenoxy) is 2. The number of benzene rings is 2. The molecule has 1 fully saturated rings. The van der Waals surface area contributed by atoms with Crippen molar-refractivity contribution in [3.05, 3.63) is 53.2 Å². The van der Waals surface area contributed by atoms with E-state index in [-0.39, 0.29) is 17.6 Å². The summed E-state index contributed by atoms with van der Waals surface area (Å²) in [6.45, 7) is 4.85. The minimum absolute atomic E-state index is 0.191. The topological polar surface area (TPSA) is 86.9 Å². The lowest BCUT2D eigenvalue weighted by Crippen LogP contribution is -2.53. The maximum Gasteiger partial charge on any atom is 0.356 e. The fourth-order valence-electron chi connectivity index (χ4n) is 4.18. The fourth-order valence-corrected chi connectivity index (χ4v) is 4.36. The molecule has 1 aromatic heterocycles. The maximum absolute atomic E-state index is 13.2. The van der Waals surface area contributed by atoms with E-state index < -0.39 is 5.97 Å². The first-order chi connectivity index (χ1) is 15.9. The van der Waals surface area contributed by atoms with E-state index in [1.54, 1.807) is 25.3 Å². The monoisotopic (exact) mass is 470 g/mol. The summed E-state index contributed by atoms with van der Waals surface area (Å²) in [5.74, 6) is 0.0764. The number of rotatable bonds is 6. The van der Waals surface area contributed by atoms with Gasteiger partial charge in [-0.2, -0.15) is 0 Å². The first-order valence-electron chi connectivity index (χ1n) is 10.8. The number of methoxy groups -OCH3 is 2. The molecule has 8 nitrogen and oxygen atoms in total. The number of hydrogen-bond donors (Lipinski definition) is 2. The average Bonchev–Trinajstić information content (AvgIpc) is 3.20. The Hall–Kier alpha value is -3.23. The highest BCUT2D eigenvalue weighted by Crippen LogP contribution is 2.32. The van der Waals surface area contributed by atoms with Crippen LogP contribution in [0.15, 0.2) is 42.5 Å². The lowest BCUT2D eigenvalue weighted by Gasteiger charge is -2.38. The van der Waals surface area contributed by atoms with Gasteiger partial charge >= 0.3 is 5.97 Å². The summed E-state index contributed by atoms with van der Waals surface area (Å²) >= 11 is 6.16. The number of hydrogen-bond acceptors (Lipinski definition) is 6. The zero-order chi connectivity index (χ0) is 23.5. The van der Waals surface area contributed by atoms with Gasteiger partial charge in [0.2, 0.25) is 5.91 Å². The predicted octanol–water partition coefficient (Wildman–Crippen LogP) is 3.77. The van der Waals surface area contributed by atoms with Crippen molar-refractivity contribution in [3.8, 4) is 5.75 Å². The number of nitrogens with one attached hydrogen (secondary N) is 2. The van der Waals surface area contributed by atoms with E-state index in [1.807, 2.05) is 31.2 Å². The Balaban J connectivity index is 1.48. The molecule has 4 rings (SSSR count). The van der Waals surface area contributed by atoms with Gasteiger partial charge in [-0.25, -0.2) is 4.79 Å². The van der Waals surface area contributed by atoms with Crippen molar-refractivity contribution in [2.75, 3.05) is 50.6 Å². The normalized spacial score (nSPS) is 15.3. The number of halogens is 1. The first-order valence-corrected chi connectivity index (χ1v) is 11.1. The molecule has 33 heavy (non-hydrogen) atoms. The van der Waals surface area contributed by atoms with Gasteiger partial charge in [0, 0.05) is 42.1 Å². The summed E-state index contributed by atoms with van der Waals surface area (Å²) < 4.78 is 10.4. The number of fused-ring (bicyclic) bond motifs is 1. The van der Waals surface area contributed by atoms with Gasteiger partial charge in [-0.15, -0.1) is 0 Å². The van der Waals surface area contributed by atoms with Gasteiger partial charge in [0.05, 0.1) is 31.6 Å². The second kappa shape index (κ2) is 9.72. The molecule has 0 unspecified atom stereocenters. The van der Waals surface area contributed by atoms with E-state index in [1.165, 1.54) is 7.11 Å². The standard InChI is InChI=1S/C24H27ClN4O4/c1-15(28-10-12-29(13-11-28)19-6-4-5-7-20(19)32-2)23(30)27-21-17-14-16(25)8-9-18(17)26-22(21)24(31)33-3/h4-9,14-15,26H,10-13H2,1-3H3,(H,27,30)/t15-/m0/s1. The second-order valence-corrected chi connectivity index (χ2v) is 8.35. The third-order valence-corrected chi connectivity index (χ3v) is 6.30. The molecule has 0 bridgehead atoms. The fraction of sp³-hybridized carbons (Fsp3) is 0.333. The number of piperazine rings is 1. The smallest absolute Gasteiger partial charge is 0.356 e. The van der Waals surface area contributed by atoms with Gasteiger partial charge < -0.3 is 24.7 Å². The lowest BCUT2D eigenvalue weighted by molar-refractivity contribution is -0.120. The molecule has 2 heterocycles. The highest BCUT2D eigenvalue weighted by Gasteiger charge is 2.28. The number of amides is 1. The molecule has 2 aromatic carbocycles. The van der Waals surface area contributed by atoms with Crippen LogP contribution >= 0.6 is 11.6 Å². The van der Waals surface area contributed by atoms with E-state index in [0.29, 0.717) is 21.6 Å². The number of H-pyrrole nitrogens is 1. The van der Waals surface area contributed by atoms with Gasteiger partial charge in [-0.1, -0.05) is 23.7 Å². The molecule has 0 saturated carbocycles. The molecule has 1 atom stereocenters. The molecule has 0 aliphatic carbocycles. The van der Waals surface area contributed by atoms with Crippen LogP contribution in [0.1, 0.15) is 17.4 Å². The van der Waals surface area contributed by atoms with Crippen molar-refractivity contribution < 1.29 is 19.1 Å². The largest absolute Gasteiger partial charge is 0.495 e. The Labute approximate surface area is 197 Å². The molecule has 1 aliphatic heterocycles. The van der Waals surface area contributed by atoms with Crippen LogP contribution in [0.3, 0.4) is 0 Å². The number of para-hydroxylation sites is 2. The number of carbonyl (C=O) groups is 2. The minimum atomic E-state index is -0.560. The van der Waals surface area contributed by atoms with Gasteiger partial charge in [0.1, 0.15) is 11.4 Å². The summed E-state index contributed by atoms with van der Waals surface area (Å²) in [4.78, 5) is 32.9. The molecule has 0 spiro atoms. The number of aromatic amines is 1. The number of carbonyl (C=O) groups excluding carboxylic acids is 2. The van der Waals surface area contributed by atoms with Gasteiger partial charge in [-0.05, 0) is 37.3 Å². The number of nitrogens with zero attached hydrogens (tertiary/aromatic N) is 2. The molecule has 1 saturated heterocycles. The van der Waals surface area contributed by atoms with Crippen LogP contribution in [0.5, 0.6) is 5.75 Å². The number of anilines is 2. The van der Waals surface area contributed by atoms with Crippen molar-refractivity contribution in [3.63, 3.8) is 0 Å². The Bertz CT molecular complexity index is 1170. The molecular weight excluding hydrogens is 444 g/mol. The Kier molecular flexibility index (Phi) is 6.76. The van der Waals surface area contributed by atoms with Gasteiger partial charge in [0.25, 0.3) is 0 Å². The van der Waals surface area contributed by atoms with Crippen LogP contribution in [0.4, 0.5) is 11.4 Å². The Morgan fingerprint density at radius 1 is 1.09 bits per heavy atom. The molecule has 174 valence electrons. The Morgan fingerprint density at radius 2 is 1.82 bits per heavy atom. The van der Waals surface area contributed by atoms with Crippen LogP contribution in [0.2, 0.25) is 5.02 Å². The third kappa shape index (κ3) is 4.62. The zero-order valence-electron chi connectivity index (χ0n) is 18.9. The van der Waals surface area contributed by atoms with Crippen LogP contribution < -0.4 is 15.0 Å². The van der Waals surface area contributed by atoms with Crippen molar-refractivity contribution in [2.45, 2.75) is 13.0 Å². The van der Waals surface area contributed by atoms with E-state index in [2.05, 4.69) is 20.1 Å². The molecule has 9 heteroatoms. The summed E-state index contributed by atoms with van der Waals surface area (Å²) in [6, 6.07) is 12.7. The highest BCUT2D eigenvalue weighted by atomic mass is 35.5. The quantitative estimate of drug-likeness (QED) is 0.533. The third-order valence-electron chi connectivity index (χ3n) is 6.07. The van der Waals surface area contributed by atoms with Crippen molar-refractivity contribution in [1.82, 2.24) is 9.88 Å². The van der Waals surface area contributed by atoms with Gasteiger partial charge in [0.15, 0.2) is 0 Å². The van der Waals surface area contributed by atoms with Crippen LogP contribution in [0.25, 0.3) is 10.9 Å². The van der Waals surface area contributed by atoms with Crippen molar-refractivity contribution in [1.29, 1.82) is 0 Å². The van der Waals surface area contributed by atoms with E-state index >= 15 is 0 Å². The van der Waals surface area contributed by atoms with Crippen molar-refractivity contribution >= 4 is 45.8 Å². The Morgan fingerprint density at radius 3 is 2.52 bits per heavy atom. The van der Waals surface area contributed by atoms with Gasteiger partial charge in [-0.3, -0.25) is 9.69 Å². The SMILES string of the molecule is COC(=O)c1[nH]c2ccc(Cl)cc2c1NC(=O)[C@H](C)N1CCN(c2ccccc2OC)CC1. The summed E-state index contributed by atoms with van der Waals surface area (Å²) in [5, 5.41) is 4.09. The average molecular weight is 471 g/mol. The number of esters is 1. The van der Waals surface area contributed by atoms with Crippen LogP contribution in [-0.2, 0) is 9.53 Å². The van der Waals surface area contributed by atoms with E-state index in [9.17, 15) is 9.59 Å². The van der Waals surface area contributed by atoms with Crippen LogP contribution in [-0.4, -0.2) is 68.2 Å². The van der Waals surface area contributed by atoms with E-state index in [4.69, 9.17) is 21.1 Å². The minimum Gasteiger partial charge on any atom is -0.495 e. The summed E-state index contributed by atoms with van der Waals surface area (Å²) in [7, 11) is 2.97. The maximum atomic E-state index is 13.2. The number of aromatic nitrogens is 1. The second-order valence-electron chi connectivity index (χ2n) is 7.92. The highest BCUT2D eigenvalue weighted by molar-refractivity contribution is 6.31. The molecule has 2 N–H and O–H groups in total. The lowest BCUT2D eigenvalue weighted by atomic mass is 10.1. The molecule has 1 amide bonds. The summed E-state index contributed by atoms with van der Waals surface area (Å²) in [5.41, 5.74) is 2.31. The molecule has 1 aliphatic rings. The molecule has 0 radical (unpaired) electrons. The molecular formula is C24H27ClN4O4. The van der Waals surface area contributed by atoms with Crippen molar-refractivity contribution in [2.24, 2.45) is 0 Å². The predicted molar refractivity (Wildman–Crippen MR) is 130 cm³/mol. The van der Waals surface area contributed by atoms with Crippen LogP contribution in [0, 0.1) is 0 Å². The summed E-state index contributed by atoms with van der Waals surface area (Å²) in [6.07, 6.45) is 0.